The molecule has 2 rings (SSSR count). The van der Waals surface area contributed by atoms with Crippen molar-refractivity contribution in [2.75, 3.05) is 13.7 Å². The van der Waals surface area contributed by atoms with Crippen LogP contribution in [0.4, 0.5) is 0 Å². The maximum absolute atomic E-state index is 5.30. The Balaban J connectivity index is 2.21. The number of rotatable bonds is 4. The third-order valence-electron chi connectivity index (χ3n) is 2.19. The second-order valence-electron chi connectivity index (χ2n) is 3.23. The fourth-order valence-electron chi connectivity index (χ4n) is 1.41. The van der Waals surface area contributed by atoms with Gasteiger partial charge in [-0.3, -0.25) is 0 Å². The largest absolute Gasteiger partial charge is 0.497 e. The van der Waals surface area contributed by atoms with E-state index in [2.05, 4.69) is 5.10 Å². The van der Waals surface area contributed by atoms with Crippen LogP contribution >= 0.6 is 0 Å². The van der Waals surface area contributed by atoms with Crippen LogP contribution in [-0.4, -0.2) is 23.5 Å². The Morgan fingerprint density at radius 1 is 1.19 bits per heavy atom. The van der Waals surface area contributed by atoms with E-state index in [1.54, 1.807) is 11.8 Å². The second kappa shape index (κ2) is 4.70. The third-order valence-corrected chi connectivity index (χ3v) is 2.19. The number of hydrogen-bond donors (Lipinski definition) is 0. The Hall–Kier alpha value is -1.97. The van der Waals surface area contributed by atoms with Crippen molar-refractivity contribution in [3.63, 3.8) is 0 Å². The van der Waals surface area contributed by atoms with Gasteiger partial charge in [0.1, 0.15) is 5.75 Å². The number of aromatic nitrogens is 2. The fraction of sp³-hybridized carbons (Fsp3) is 0.250. The van der Waals surface area contributed by atoms with Crippen LogP contribution in [0.2, 0.25) is 0 Å². The molecule has 0 spiro atoms. The molecule has 1 aromatic heterocycles. The van der Waals surface area contributed by atoms with Gasteiger partial charge in [0.2, 0.25) is 5.88 Å². The van der Waals surface area contributed by atoms with E-state index in [-0.39, 0.29) is 0 Å². The number of nitrogens with zero attached hydrogens (tertiary/aromatic N) is 2. The van der Waals surface area contributed by atoms with Gasteiger partial charge in [-0.2, -0.15) is 0 Å². The first-order chi connectivity index (χ1) is 7.83. The van der Waals surface area contributed by atoms with Gasteiger partial charge in [-0.15, -0.1) is 5.10 Å². The zero-order chi connectivity index (χ0) is 11.4. The molecule has 0 fully saturated rings. The summed E-state index contributed by atoms with van der Waals surface area (Å²) in [5, 5.41) is 4.28. The average Bonchev–Trinajstić information content (AvgIpc) is 2.78. The topological polar surface area (TPSA) is 36.3 Å². The highest BCUT2D eigenvalue weighted by atomic mass is 16.5. The molecule has 0 radical (unpaired) electrons. The molecule has 1 heterocycles. The minimum Gasteiger partial charge on any atom is -0.497 e. The van der Waals surface area contributed by atoms with Crippen LogP contribution in [0.25, 0.3) is 5.69 Å². The Kier molecular flexibility index (Phi) is 3.10. The molecule has 0 saturated heterocycles. The molecule has 0 aliphatic heterocycles. The van der Waals surface area contributed by atoms with E-state index in [1.165, 1.54) is 0 Å². The summed E-state index contributed by atoms with van der Waals surface area (Å²) in [5.74, 6) is 1.47. The molecule has 4 nitrogen and oxygen atoms in total. The van der Waals surface area contributed by atoms with Gasteiger partial charge in [0.05, 0.1) is 19.4 Å². The van der Waals surface area contributed by atoms with Crippen molar-refractivity contribution in [2.24, 2.45) is 0 Å². The van der Waals surface area contributed by atoms with Crippen LogP contribution in [0.3, 0.4) is 0 Å². The van der Waals surface area contributed by atoms with E-state index in [0.717, 1.165) is 11.4 Å². The summed E-state index contributed by atoms with van der Waals surface area (Å²) in [7, 11) is 1.65. The smallest absolute Gasteiger partial charge is 0.233 e. The van der Waals surface area contributed by atoms with Crippen molar-refractivity contribution in [2.45, 2.75) is 6.92 Å². The summed E-state index contributed by atoms with van der Waals surface area (Å²) < 4.78 is 12.2. The Labute approximate surface area is 94.4 Å². The molecule has 16 heavy (non-hydrogen) atoms. The van der Waals surface area contributed by atoms with Gasteiger partial charge in [0.15, 0.2) is 0 Å². The van der Waals surface area contributed by atoms with Crippen molar-refractivity contribution < 1.29 is 9.47 Å². The number of hydrogen-bond acceptors (Lipinski definition) is 3. The summed E-state index contributed by atoms with van der Waals surface area (Å²) in [4.78, 5) is 0. The summed E-state index contributed by atoms with van der Waals surface area (Å²) in [6, 6.07) is 9.53. The highest BCUT2D eigenvalue weighted by Gasteiger charge is 2.01. The molecule has 4 heteroatoms. The highest BCUT2D eigenvalue weighted by Crippen LogP contribution is 2.16. The van der Waals surface area contributed by atoms with Gasteiger partial charge >= 0.3 is 0 Å². The lowest BCUT2D eigenvalue weighted by atomic mass is 10.3. The van der Waals surface area contributed by atoms with E-state index in [1.807, 2.05) is 43.5 Å². The summed E-state index contributed by atoms with van der Waals surface area (Å²) in [5.41, 5.74) is 0.978. The van der Waals surface area contributed by atoms with Gasteiger partial charge < -0.3 is 9.47 Å². The maximum atomic E-state index is 5.30. The third kappa shape index (κ3) is 2.16. The normalized spacial score (nSPS) is 10.1. The molecule has 0 N–H and O–H groups in total. The van der Waals surface area contributed by atoms with Crippen LogP contribution in [-0.2, 0) is 0 Å². The van der Waals surface area contributed by atoms with Crippen LogP contribution in [0.5, 0.6) is 11.6 Å². The highest BCUT2D eigenvalue weighted by molar-refractivity contribution is 5.37. The van der Waals surface area contributed by atoms with Crippen LogP contribution in [0, 0.1) is 0 Å². The van der Waals surface area contributed by atoms with Gasteiger partial charge in [0, 0.05) is 12.3 Å². The second-order valence-corrected chi connectivity index (χ2v) is 3.23. The van der Waals surface area contributed by atoms with Crippen molar-refractivity contribution in [3.05, 3.63) is 36.5 Å². The first kappa shape index (κ1) is 10.5. The molecular formula is C12H14N2O2. The molecule has 84 valence electrons. The maximum Gasteiger partial charge on any atom is 0.233 e. The van der Waals surface area contributed by atoms with Crippen molar-refractivity contribution in [1.82, 2.24) is 9.78 Å². The Morgan fingerprint density at radius 2 is 1.94 bits per heavy atom. The monoisotopic (exact) mass is 218 g/mol. The lowest BCUT2D eigenvalue weighted by Gasteiger charge is -2.03. The lowest BCUT2D eigenvalue weighted by Crippen LogP contribution is -1.97. The molecule has 0 aliphatic carbocycles. The Bertz CT molecular complexity index is 448. The van der Waals surface area contributed by atoms with Gasteiger partial charge in [-0.05, 0) is 31.2 Å². The molecule has 0 saturated carbocycles. The SMILES string of the molecule is CCOc1ccn(-c2ccc(OC)cc2)n1. The van der Waals surface area contributed by atoms with Gasteiger partial charge in [-0.1, -0.05) is 0 Å². The first-order valence-electron chi connectivity index (χ1n) is 5.16. The molecular weight excluding hydrogens is 204 g/mol. The summed E-state index contributed by atoms with van der Waals surface area (Å²) >= 11 is 0. The number of benzene rings is 1. The van der Waals surface area contributed by atoms with E-state index in [9.17, 15) is 0 Å². The number of ether oxygens (including phenoxy) is 2. The van der Waals surface area contributed by atoms with Crippen LogP contribution in [0.15, 0.2) is 36.5 Å². The molecule has 0 amide bonds. The number of methoxy groups -OCH3 is 1. The fourth-order valence-corrected chi connectivity index (χ4v) is 1.41. The molecule has 0 atom stereocenters. The predicted molar refractivity (Wildman–Crippen MR) is 61.3 cm³/mol. The van der Waals surface area contributed by atoms with Crippen LogP contribution < -0.4 is 9.47 Å². The zero-order valence-corrected chi connectivity index (χ0v) is 9.38. The lowest BCUT2D eigenvalue weighted by molar-refractivity contribution is 0.324. The standard InChI is InChI=1S/C12H14N2O2/c1-3-16-12-8-9-14(13-12)10-4-6-11(15-2)7-5-10/h4-9H,3H2,1-2H3. The molecule has 0 bridgehead atoms. The van der Waals surface area contributed by atoms with Crippen LogP contribution in [0.1, 0.15) is 6.92 Å². The van der Waals surface area contributed by atoms with Crippen molar-refractivity contribution >= 4 is 0 Å². The van der Waals surface area contributed by atoms with Crippen molar-refractivity contribution in [3.8, 4) is 17.3 Å². The minimum atomic E-state index is 0.625. The van der Waals surface area contributed by atoms with E-state index in [0.29, 0.717) is 12.5 Å². The van der Waals surface area contributed by atoms with E-state index < -0.39 is 0 Å². The summed E-state index contributed by atoms with van der Waals surface area (Å²) in [6.45, 7) is 2.56. The van der Waals surface area contributed by atoms with Crippen molar-refractivity contribution in [1.29, 1.82) is 0 Å². The first-order valence-corrected chi connectivity index (χ1v) is 5.16. The average molecular weight is 218 g/mol. The molecule has 2 aromatic rings. The zero-order valence-electron chi connectivity index (χ0n) is 9.38. The minimum absolute atomic E-state index is 0.625. The molecule has 1 aromatic carbocycles. The predicted octanol–water partition coefficient (Wildman–Crippen LogP) is 2.28. The quantitative estimate of drug-likeness (QED) is 0.789. The van der Waals surface area contributed by atoms with E-state index in [4.69, 9.17) is 9.47 Å². The summed E-state index contributed by atoms with van der Waals surface area (Å²) in [6.07, 6.45) is 1.87. The Morgan fingerprint density at radius 3 is 2.56 bits per heavy atom. The van der Waals surface area contributed by atoms with E-state index >= 15 is 0 Å². The molecule has 0 unspecified atom stereocenters. The van der Waals surface area contributed by atoms with Gasteiger partial charge in [-0.25, -0.2) is 4.68 Å². The van der Waals surface area contributed by atoms with Gasteiger partial charge in [0.25, 0.3) is 0 Å². The molecule has 0 aliphatic rings.